The quantitative estimate of drug-likeness (QED) is 0.778. The van der Waals surface area contributed by atoms with Crippen molar-refractivity contribution in [1.29, 1.82) is 0 Å². The fraction of sp³-hybridized carbons (Fsp3) is 0. The second-order valence-electron chi connectivity index (χ2n) is 3.19. The third kappa shape index (κ3) is 1.66. The van der Waals surface area contributed by atoms with Crippen LogP contribution in [-0.4, -0.2) is 14.3 Å². The average molecular weight is 240 g/mol. The minimum absolute atomic E-state index is 0.191. The summed E-state index contributed by atoms with van der Waals surface area (Å²) in [6.07, 6.45) is 0. The van der Waals surface area contributed by atoms with Crippen molar-refractivity contribution in [1.82, 2.24) is 0 Å². The van der Waals surface area contributed by atoms with Gasteiger partial charge in [-0.05, 0) is 12.1 Å². The van der Waals surface area contributed by atoms with Gasteiger partial charge in [0.25, 0.3) is 10.0 Å². The molecule has 0 aliphatic heterocycles. The number of primary sulfonamides is 1. The number of carbonyl (C=O) groups is 1. The number of hydrogen-bond acceptors (Lipinski definition) is 4. The van der Waals surface area contributed by atoms with Crippen LogP contribution in [0.4, 0.5) is 0 Å². The third-order valence-electron chi connectivity index (χ3n) is 2.08. The average Bonchev–Trinajstić information content (AvgIpc) is 2.59. The van der Waals surface area contributed by atoms with E-state index >= 15 is 0 Å². The molecule has 0 aliphatic carbocycles. The summed E-state index contributed by atoms with van der Waals surface area (Å²) in [5.41, 5.74) is 5.58. The number of hydrogen-bond donors (Lipinski definition) is 2. The summed E-state index contributed by atoms with van der Waals surface area (Å²) in [5.74, 6) is -0.660. The number of furan rings is 1. The second-order valence-corrected chi connectivity index (χ2v) is 4.68. The number of amides is 1. The number of benzene rings is 1. The molecule has 1 aromatic heterocycles. The summed E-state index contributed by atoms with van der Waals surface area (Å²) in [6.45, 7) is 0. The van der Waals surface area contributed by atoms with Gasteiger partial charge in [0.05, 0.1) is 5.56 Å². The summed E-state index contributed by atoms with van der Waals surface area (Å²) < 4.78 is 27.1. The molecule has 0 unspecified atom stereocenters. The van der Waals surface area contributed by atoms with Gasteiger partial charge in [0, 0.05) is 11.5 Å². The van der Waals surface area contributed by atoms with Gasteiger partial charge in [-0.15, -0.1) is 0 Å². The first-order valence-electron chi connectivity index (χ1n) is 4.25. The van der Waals surface area contributed by atoms with E-state index in [1.54, 1.807) is 6.07 Å². The Balaban J connectivity index is 2.81. The SMILES string of the molecule is NC(=O)c1cccc2oc(S(N)(=O)=O)cc12. The first kappa shape index (κ1) is 10.7. The Morgan fingerprint density at radius 2 is 2.00 bits per heavy atom. The van der Waals surface area contributed by atoms with E-state index in [1.807, 2.05) is 0 Å². The molecule has 4 N–H and O–H groups in total. The second kappa shape index (κ2) is 3.32. The van der Waals surface area contributed by atoms with Crippen molar-refractivity contribution in [3.05, 3.63) is 29.8 Å². The van der Waals surface area contributed by atoms with Gasteiger partial charge in [0.1, 0.15) is 5.58 Å². The molecule has 2 rings (SSSR count). The van der Waals surface area contributed by atoms with Gasteiger partial charge in [0.15, 0.2) is 0 Å². The fourth-order valence-electron chi connectivity index (χ4n) is 1.39. The highest BCUT2D eigenvalue weighted by atomic mass is 32.2. The van der Waals surface area contributed by atoms with Crippen LogP contribution in [0.2, 0.25) is 0 Å². The lowest BCUT2D eigenvalue weighted by Gasteiger charge is -1.94. The highest BCUT2D eigenvalue weighted by molar-refractivity contribution is 7.89. The molecule has 0 saturated heterocycles. The molecule has 6 nitrogen and oxygen atoms in total. The Labute approximate surface area is 90.9 Å². The van der Waals surface area contributed by atoms with E-state index in [0.717, 1.165) is 0 Å². The van der Waals surface area contributed by atoms with E-state index in [2.05, 4.69) is 0 Å². The molecule has 84 valence electrons. The Morgan fingerprint density at radius 3 is 2.56 bits per heavy atom. The number of fused-ring (bicyclic) bond motifs is 1. The highest BCUT2D eigenvalue weighted by Gasteiger charge is 2.17. The lowest BCUT2D eigenvalue weighted by Crippen LogP contribution is -2.11. The number of nitrogens with two attached hydrogens (primary N) is 2. The molecule has 0 fully saturated rings. The van der Waals surface area contributed by atoms with Crippen LogP contribution in [0.5, 0.6) is 0 Å². The summed E-state index contributed by atoms with van der Waals surface area (Å²) in [4.78, 5) is 11.1. The number of primary amides is 1. The molecular weight excluding hydrogens is 232 g/mol. The fourth-order valence-corrected chi connectivity index (χ4v) is 1.88. The molecule has 0 spiro atoms. The minimum atomic E-state index is -3.93. The maximum Gasteiger partial charge on any atom is 0.271 e. The maximum absolute atomic E-state index is 11.1. The number of carbonyl (C=O) groups excluding carboxylic acids is 1. The van der Waals surface area contributed by atoms with E-state index in [1.165, 1.54) is 18.2 Å². The summed E-state index contributed by atoms with van der Waals surface area (Å²) in [5, 5.41) is 4.85. The van der Waals surface area contributed by atoms with E-state index in [4.69, 9.17) is 15.3 Å². The minimum Gasteiger partial charge on any atom is -0.443 e. The van der Waals surface area contributed by atoms with Crippen LogP contribution in [0.15, 0.2) is 33.8 Å². The van der Waals surface area contributed by atoms with E-state index in [0.29, 0.717) is 5.39 Å². The van der Waals surface area contributed by atoms with Crippen molar-refractivity contribution in [3.8, 4) is 0 Å². The number of sulfonamides is 1. The van der Waals surface area contributed by atoms with Crippen molar-refractivity contribution >= 4 is 26.9 Å². The molecular formula is C9H8N2O4S. The summed E-state index contributed by atoms with van der Waals surface area (Å²) >= 11 is 0. The largest absolute Gasteiger partial charge is 0.443 e. The predicted molar refractivity (Wildman–Crippen MR) is 56.1 cm³/mol. The van der Waals surface area contributed by atoms with E-state index in [9.17, 15) is 13.2 Å². The Hall–Kier alpha value is -1.86. The molecule has 16 heavy (non-hydrogen) atoms. The lowest BCUT2D eigenvalue weighted by molar-refractivity contribution is 0.100. The molecule has 2 aromatic rings. The zero-order valence-electron chi connectivity index (χ0n) is 8.01. The van der Waals surface area contributed by atoms with Crippen molar-refractivity contribution in [2.45, 2.75) is 5.09 Å². The topological polar surface area (TPSA) is 116 Å². The normalized spacial score (nSPS) is 11.8. The van der Waals surface area contributed by atoms with Crippen LogP contribution < -0.4 is 10.9 Å². The van der Waals surface area contributed by atoms with Crippen molar-refractivity contribution in [2.75, 3.05) is 0 Å². The molecule has 0 atom stereocenters. The van der Waals surface area contributed by atoms with Crippen LogP contribution >= 0.6 is 0 Å². The van der Waals surface area contributed by atoms with Crippen molar-refractivity contribution < 1.29 is 17.6 Å². The van der Waals surface area contributed by atoms with Gasteiger partial charge in [-0.1, -0.05) is 6.07 Å². The molecule has 1 aromatic carbocycles. The zero-order chi connectivity index (χ0) is 11.9. The smallest absolute Gasteiger partial charge is 0.271 e. The summed E-state index contributed by atoms with van der Waals surface area (Å²) in [7, 11) is -3.93. The molecule has 0 bridgehead atoms. The maximum atomic E-state index is 11.1. The van der Waals surface area contributed by atoms with Gasteiger partial charge in [0.2, 0.25) is 11.0 Å². The van der Waals surface area contributed by atoms with Crippen LogP contribution in [0.3, 0.4) is 0 Å². The molecule has 1 heterocycles. The van der Waals surface area contributed by atoms with Crippen LogP contribution in [0.1, 0.15) is 10.4 Å². The third-order valence-corrected chi connectivity index (χ3v) is 2.85. The first-order valence-corrected chi connectivity index (χ1v) is 5.79. The Bertz CT molecular complexity index is 672. The van der Waals surface area contributed by atoms with Crippen LogP contribution in [0.25, 0.3) is 11.0 Å². The Morgan fingerprint density at radius 1 is 1.31 bits per heavy atom. The molecule has 0 aliphatic rings. The van der Waals surface area contributed by atoms with Gasteiger partial charge in [-0.3, -0.25) is 4.79 Å². The van der Waals surface area contributed by atoms with Crippen molar-refractivity contribution in [3.63, 3.8) is 0 Å². The first-order chi connectivity index (χ1) is 7.39. The van der Waals surface area contributed by atoms with Crippen LogP contribution in [-0.2, 0) is 10.0 Å². The molecule has 7 heteroatoms. The van der Waals surface area contributed by atoms with Gasteiger partial charge in [-0.2, -0.15) is 0 Å². The zero-order valence-corrected chi connectivity index (χ0v) is 8.82. The monoisotopic (exact) mass is 240 g/mol. The van der Waals surface area contributed by atoms with Gasteiger partial charge in [-0.25, -0.2) is 13.6 Å². The molecule has 1 amide bonds. The highest BCUT2D eigenvalue weighted by Crippen LogP contribution is 2.24. The van der Waals surface area contributed by atoms with Gasteiger partial charge < -0.3 is 10.2 Å². The predicted octanol–water partition coefficient (Wildman–Crippen LogP) is 0.179. The van der Waals surface area contributed by atoms with E-state index in [-0.39, 0.29) is 11.1 Å². The van der Waals surface area contributed by atoms with Gasteiger partial charge >= 0.3 is 0 Å². The number of rotatable bonds is 2. The molecule has 0 saturated carbocycles. The Kier molecular flexibility index (Phi) is 2.21. The summed E-state index contributed by atoms with van der Waals surface area (Å²) in [6, 6.07) is 5.73. The lowest BCUT2D eigenvalue weighted by atomic mass is 10.1. The van der Waals surface area contributed by atoms with Crippen molar-refractivity contribution in [2.24, 2.45) is 10.9 Å². The van der Waals surface area contributed by atoms with E-state index < -0.39 is 21.0 Å². The van der Waals surface area contributed by atoms with Crippen LogP contribution in [0, 0.1) is 0 Å². The molecule has 0 radical (unpaired) electrons. The standard InChI is InChI=1S/C9H8N2O4S/c10-9(12)5-2-1-3-7-6(5)4-8(15-7)16(11,13)14/h1-4H,(H2,10,12)(H2,11,13,14).